The first-order valence-electron chi connectivity index (χ1n) is 13.5. The molecule has 0 radical (unpaired) electrons. The average molecular weight is 485 g/mol. The van der Waals surface area contributed by atoms with Crippen LogP contribution in [-0.4, -0.2) is 16.2 Å². The topological polar surface area (TPSA) is 57.5 Å². The predicted molar refractivity (Wildman–Crippen MR) is 147 cm³/mol. The van der Waals surface area contributed by atoms with Crippen LogP contribution >= 0.6 is 0 Å². The van der Waals surface area contributed by atoms with Gasteiger partial charge in [0.25, 0.3) is 0 Å². The SMILES string of the molecule is CCC(CC)(c1ccc(-c2cccc(CC(=O)O)c2)c(C)c1)c1ccc(C2(O)CCCCC2)c(C)c1. The third-order valence-electron chi connectivity index (χ3n) is 8.54. The Morgan fingerprint density at radius 2 is 1.50 bits per heavy atom. The van der Waals surface area contributed by atoms with E-state index in [9.17, 15) is 15.0 Å². The molecule has 1 fully saturated rings. The summed E-state index contributed by atoms with van der Waals surface area (Å²) in [5.74, 6) is -0.813. The van der Waals surface area contributed by atoms with Gasteiger partial charge in [0.1, 0.15) is 0 Å². The highest BCUT2D eigenvalue weighted by Crippen LogP contribution is 2.44. The predicted octanol–water partition coefficient (Wildman–Crippen LogP) is 7.86. The number of carboxylic acid groups (broad SMARTS) is 1. The summed E-state index contributed by atoms with van der Waals surface area (Å²) in [7, 11) is 0. The normalized spacial score (nSPS) is 15.6. The summed E-state index contributed by atoms with van der Waals surface area (Å²) >= 11 is 0. The molecule has 1 saturated carbocycles. The molecule has 0 heterocycles. The Bertz CT molecular complexity index is 1230. The van der Waals surface area contributed by atoms with Crippen molar-refractivity contribution in [1.82, 2.24) is 0 Å². The maximum atomic E-state index is 11.4. The van der Waals surface area contributed by atoms with Crippen LogP contribution in [0, 0.1) is 13.8 Å². The number of aliphatic carboxylic acids is 1. The second kappa shape index (κ2) is 10.6. The van der Waals surface area contributed by atoms with Crippen LogP contribution in [-0.2, 0) is 22.2 Å². The first-order chi connectivity index (χ1) is 17.2. The van der Waals surface area contributed by atoms with E-state index < -0.39 is 11.6 Å². The van der Waals surface area contributed by atoms with Gasteiger partial charge in [0.2, 0.25) is 0 Å². The lowest BCUT2D eigenvalue weighted by atomic mass is 9.68. The molecule has 3 nitrogen and oxygen atoms in total. The standard InChI is InChI=1S/C33H40O3/c1-5-32(6-2,28-14-16-30(24(4)20-28)33(36)17-8-7-9-18-33)27-13-15-29(23(3)19-27)26-12-10-11-25(21-26)22-31(34)35/h10-16,19-21,36H,5-9,17-18,22H2,1-4H3,(H,34,35). The highest BCUT2D eigenvalue weighted by molar-refractivity contribution is 5.73. The lowest BCUT2D eigenvalue weighted by molar-refractivity contribution is -0.136. The van der Waals surface area contributed by atoms with E-state index in [0.717, 1.165) is 60.8 Å². The summed E-state index contributed by atoms with van der Waals surface area (Å²) < 4.78 is 0. The molecule has 0 amide bonds. The Hall–Kier alpha value is -2.91. The molecule has 0 spiro atoms. The third-order valence-corrected chi connectivity index (χ3v) is 8.54. The van der Waals surface area contributed by atoms with E-state index in [1.807, 2.05) is 18.2 Å². The van der Waals surface area contributed by atoms with Gasteiger partial charge in [-0.05, 0) is 84.0 Å². The molecule has 0 bridgehead atoms. The molecule has 1 aliphatic carbocycles. The van der Waals surface area contributed by atoms with Crippen LogP contribution in [0.5, 0.6) is 0 Å². The van der Waals surface area contributed by atoms with Crippen LogP contribution in [0.2, 0.25) is 0 Å². The summed E-state index contributed by atoms with van der Waals surface area (Å²) in [5.41, 5.74) is 8.30. The molecule has 0 aliphatic heterocycles. The van der Waals surface area contributed by atoms with Crippen molar-refractivity contribution in [2.24, 2.45) is 0 Å². The Labute approximate surface area is 216 Å². The molecule has 36 heavy (non-hydrogen) atoms. The number of aliphatic hydroxyl groups is 1. The number of benzene rings is 3. The number of rotatable bonds is 8. The average Bonchev–Trinajstić information content (AvgIpc) is 2.85. The minimum absolute atomic E-state index is 0.0320. The molecule has 4 rings (SSSR count). The van der Waals surface area contributed by atoms with Crippen molar-refractivity contribution in [3.05, 3.63) is 94.0 Å². The molecule has 3 heteroatoms. The fourth-order valence-electron chi connectivity index (χ4n) is 6.43. The number of carboxylic acids is 1. The highest BCUT2D eigenvalue weighted by Gasteiger charge is 2.35. The van der Waals surface area contributed by atoms with E-state index in [4.69, 9.17) is 0 Å². The van der Waals surface area contributed by atoms with Crippen LogP contribution in [0.4, 0.5) is 0 Å². The number of carbonyl (C=O) groups is 1. The quantitative estimate of drug-likeness (QED) is 0.342. The van der Waals surface area contributed by atoms with Crippen LogP contribution in [0.3, 0.4) is 0 Å². The molecule has 0 saturated heterocycles. The fourth-order valence-corrected chi connectivity index (χ4v) is 6.43. The van der Waals surface area contributed by atoms with Crippen molar-refractivity contribution in [2.45, 2.75) is 90.1 Å². The van der Waals surface area contributed by atoms with Crippen molar-refractivity contribution in [3.63, 3.8) is 0 Å². The van der Waals surface area contributed by atoms with Gasteiger partial charge in [0.05, 0.1) is 12.0 Å². The summed E-state index contributed by atoms with van der Waals surface area (Å²) in [4.78, 5) is 11.2. The summed E-state index contributed by atoms with van der Waals surface area (Å²) in [6, 6.07) is 21.3. The second-order valence-corrected chi connectivity index (χ2v) is 10.7. The van der Waals surface area contributed by atoms with E-state index in [2.05, 4.69) is 70.2 Å². The van der Waals surface area contributed by atoms with Crippen molar-refractivity contribution in [1.29, 1.82) is 0 Å². The van der Waals surface area contributed by atoms with Gasteiger partial charge in [-0.15, -0.1) is 0 Å². The summed E-state index contributed by atoms with van der Waals surface area (Å²) in [6.07, 6.45) is 7.12. The van der Waals surface area contributed by atoms with Gasteiger partial charge in [-0.2, -0.15) is 0 Å². The summed E-state index contributed by atoms with van der Waals surface area (Å²) in [5, 5.41) is 20.5. The second-order valence-electron chi connectivity index (χ2n) is 10.7. The van der Waals surface area contributed by atoms with Crippen molar-refractivity contribution in [3.8, 4) is 11.1 Å². The van der Waals surface area contributed by atoms with E-state index in [0.29, 0.717) is 0 Å². The highest BCUT2D eigenvalue weighted by atomic mass is 16.4. The first kappa shape index (κ1) is 26.2. The van der Waals surface area contributed by atoms with E-state index in [1.165, 1.54) is 28.7 Å². The lowest BCUT2D eigenvalue weighted by Crippen LogP contribution is -2.30. The van der Waals surface area contributed by atoms with Gasteiger partial charge in [-0.25, -0.2) is 0 Å². The smallest absolute Gasteiger partial charge is 0.307 e. The molecule has 3 aromatic carbocycles. The van der Waals surface area contributed by atoms with E-state index in [1.54, 1.807) is 0 Å². The Morgan fingerprint density at radius 3 is 2.08 bits per heavy atom. The Morgan fingerprint density at radius 1 is 0.861 bits per heavy atom. The summed E-state index contributed by atoms with van der Waals surface area (Å²) in [6.45, 7) is 8.83. The van der Waals surface area contributed by atoms with Gasteiger partial charge < -0.3 is 10.2 Å². The maximum Gasteiger partial charge on any atom is 0.307 e. The number of aryl methyl sites for hydroxylation is 2. The van der Waals surface area contributed by atoms with Crippen LogP contribution in [0.15, 0.2) is 60.7 Å². The Balaban J connectivity index is 1.71. The number of hydrogen-bond donors (Lipinski definition) is 2. The van der Waals surface area contributed by atoms with Crippen LogP contribution < -0.4 is 0 Å². The molecule has 1 aliphatic rings. The zero-order chi connectivity index (χ0) is 25.9. The first-order valence-corrected chi connectivity index (χ1v) is 13.5. The maximum absolute atomic E-state index is 11.4. The van der Waals surface area contributed by atoms with Gasteiger partial charge >= 0.3 is 5.97 Å². The Kier molecular flexibility index (Phi) is 7.70. The monoisotopic (exact) mass is 484 g/mol. The minimum atomic E-state index is -0.813. The number of hydrogen-bond acceptors (Lipinski definition) is 2. The molecule has 0 atom stereocenters. The molecule has 3 aromatic rings. The minimum Gasteiger partial charge on any atom is -0.481 e. The van der Waals surface area contributed by atoms with Crippen LogP contribution in [0.1, 0.15) is 92.2 Å². The van der Waals surface area contributed by atoms with E-state index in [-0.39, 0.29) is 11.8 Å². The van der Waals surface area contributed by atoms with Crippen molar-refractivity contribution in [2.75, 3.05) is 0 Å². The van der Waals surface area contributed by atoms with Gasteiger partial charge in [-0.1, -0.05) is 93.8 Å². The zero-order valence-corrected chi connectivity index (χ0v) is 22.2. The molecular formula is C33H40O3. The zero-order valence-electron chi connectivity index (χ0n) is 22.2. The molecule has 190 valence electrons. The van der Waals surface area contributed by atoms with Gasteiger partial charge in [-0.3, -0.25) is 4.79 Å². The van der Waals surface area contributed by atoms with Crippen LogP contribution in [0.25, 0.3) is 11.1 Å². The molecule has 0 unspecified atom stereocenters. The third kappa shape index (κ3) is 4.99. The van der Waals surface area contributed by atoms with E-state index >= 15 is 0 Å². The van der Waals surface area contributed by atoms with Crippen molar-refractivity contribution >= 4 is 5.97 Å². The molecule has 0 aromatic heterocycles. The molecular weight excluding hydrogens is 444 g/mol. The van der Waals surface area contributed by atoms with Crippen molar-refractivity contribution < 1.29 is 15.0 Å². The largest absolute Gasteiger partial charge is 0.481 e. The molecule has 2 N–H and O–H groups in total. The lowest BCUT2D eigenvalue weighted by Gasteiger charge is -2.37. The van der Waals surface area contributed by atoms with Gasteiger partial charge in [0, 0.05) is 5.41 Å². The van der Waals surface area contributed by atoms with Gasteiger partial charge in [0.15, 0.2) is 0 Å². The fraction of sp³-hybridized carbons (Fsp3) is 0.424.